The van der Waals surface area contributed by atoms with Crippen molar-refractivity contribution in [3.8, 4) is 0 Å². The van der Waals surface area contributed by atoms with Crippen LogP contribution in [0.1, 0.15) is 91.9 Å². The zero-order chi connectivity index (χ0) is 20.6. The minimum absolute atomic E-state index is 0.171. The Morgan fingerprint density at radius 2 is 1.69 bits per heavy atom. The van der Waals surface area contributed by atoms with Crippen molar-refractivity contribution in [1.29, 1.82) is 0 Å². The van der Waals surface area contributed by atoms with Crippen molar-refractivity contribution in [2.24, 2.45) is 39.9 Å². The monoisotopic (exact) mass is 401 g/mol. The number of likely N-dealkylation sites (tertiary alicyclic amines) is 1. The van der Waals surface area contributed by atoms with Crippen LogP contribution in [0.2, 0.25) is 0 Å². The fourth-order valence-electron chi connectivity index (χ4n) is 9.77. The lowest BCUT2D eigenvalue weighted by molar-refractivity contribution is -0.213. The first-order chi connectivity index (χ1) is 13.7. The van der Waals surface area contributed by atoms with Crippen LogP contribution in [-0.2, 0) is 4.79 Å². The zero-order valence-electron chi connectivity index (χ0n) is 19.3. The number of Topliss-reactive ketones (excluding diaryl/α,β-unsaturated/α-hetero) is 1. The van der Waals surface area contributed by atoms with Crippen LogP contribution in [-0.4, -0.2) is 41.0 Å². The third-order valence-corrected chi connectivity index (χ3v) is 11.6. The molecule has 1 heterocycles. The molecule has 0 spiro atoms. The molecule has 5 fully saturated rings. The maximum Gasteiger partial charge on any atom is 0.136 e. The summed E-state index contributed by atoms with van der Waals surface area (Å²) in [6.07, 6.45) is 11.7. The van der Waals surface area contributed by atoms with Gasteiger partial charge in [-0.3, -0.25) is 9.69 Å². The van der Waals surface area contributed by atoms with E-state index in [0.29, 0.717) is 40.9 Å². The van der Waals surface area contributed by atoms with E-state index in [2.05, 4.69) is 32.6 Å². The zero-order valence-corrected chi connectivity index (χ0v) is 19.3. The summed E-state index contributed by atoms with van der Waals surface area (Å²) in [5.74, 6) is 2.59. The summed E-state index contributed by atoms with van der Waals surface area (Å²) in [5.41, 5.74) is 0.774. The maximum absolute atomic E-state index is 12.7. The molecule has 3 nitrogen and oxygen atoms in total. The average Bonchev–Trinajstić information content (AvgIpc) is 3.01. The molecule has 0 unspecified atom stereocenters. The van der Waals surface area contributed by atoms with Crippen molar-refractivity contribution >= 4 is 5.78 Å². The molecule has 0 aromatic heterocycles. The molecular formula is C26H43NO2. The van der Waals surface area contributed by atoms with Crippen molar-refractivity contribution < 1.29 is 9.90 Å². The van der Waals surface area contributed by atoms with Crippen molar-refractivity contribution in [3.63, 3.8) is 0 Å². The van der Waals surface area contributed by atoms with Gasteiger partial charge in [-0.2, -0.15) is 0 Å². The Kier molecular flexibility index (Phi) is 4.80. The Labute approximate surface area is 178 Å². The van der Waals surface area contributed by atoms with Crippen molar-refractivity contribution in [1.82, 2.24) is 4.90 Å². The van der Waals surface area contributed by atoms with Crippen LogP contribution in [0.15, 0.2) is 0 Å². The summed E-state index contributed by atoms with van der Waals surface area (Å²) in [5, 5.41) is 11.4. The molecule has 29 heavy (non-hydrogen) atoms. The molecule has 5 rings (SSSR count). The van der Waals surface area contributed by atoms with Crippen molar-refractivity contribution in [2.45, 2.75) is 104 Å². The molecule has 0 bridgehead atoms. The highest BCUT2D eigenvalue weighted by atomic mass is 16.3. The Hall–Kier alpha value is -0.410. The van der Waals surface area contributed by atoms with Crippen LogP contribution in [0.5, 0.6) is 0 Å². The molecule has 9 atom stereocenters. The lowest BCUT2D eigenvalue weighted by atomic mass is 9.37. The van der Waals surface area contributed by atoms with E-state index in [1.807, 2.05) is 0 Å². The lowest BCUT2D eigenvalue weighted by Gasteiger charge is -2.69. The van der Waals surface area contributed by atoms with Crippen LogP contribution in [0, 0.1) is 39.9 Å². The fourth-order valence-corrected chi connectivity index (χ4v) is 9.77. The van der Waals surface area contributed by atoms with Gasteiger partial charge in [0.25, 0.3) is 0 Å². The molecule has 5 aliphatic rings. The molecule has 1 aliphatic heterocycles. The van der Waals surface area contributed by atoms with E-state index in [0.717, 1.165) is 25.7 Å². The number of aliphatic hydroxyl groups excluding tert-OH is 1. The molecule has 4 aliphatic carbocycles. The largest absolute Gasteiger partial charge is 0.391 e. The van der Waals surface area contributed by atoms with Gasteiger partial charge in [0.1, 0.15) is 5.78 Å². The molecular weight excluding hydrogens is 358 g/mol. The van der Waals surface area contributed by atoms with E-state index in [-0.39, 0.29) is 16.9 Å². The highest BCUT2D eigenvalue weighted by Gasteiger charge is 2.68. The molecule has 3 heteroatoms. The summed E-state index contributed by atoms with van der Waals surface area (Å²) < 4.78 is 0. The SMILES string of the molecule is C[C@@H]1[C@H](O)[C@@H](N2CCCCC2)C[C@@]2(C)[C@H]1CC[C@@]1(C)[C@H]2CC[C@@H]2C(=O)CC[C@@]21C. The van der Waals surface area contributed by atoms with Gasteiger partial charge in [0.2, 0.25) is 0 Å². The molecule has 4 saturated carbocycles. The minimum atomic E-state index is -0.171. The standard InChI is InChI=1S/C26H43NO2/c1-17-18-10-12-26(4)22(9-8-19-21(28)11-13-25(19,26)3)24(18,2)16-20(23(17)29)27-14-6-5-7-15-27/h17-20,22-23,29H,5-16H2,1-4H3/t17-,18-,19+,20-,22-,23-,24-,25-,26-/m0/s1. The lowest BCUT2D eigenvalue weighted by Crippen LogP contribution is -2.66. The van der Waals surface area contributed by atoms with Crippen LogP contribution in [0.3, 0.4) is 0 Å². The van der Waals surface area contributed by atoms with Gasteiger partial charge in [-0.05, 0) is 98.5 Å². The van der Waals surface area contributed by atoms with E-state index in [1.165, 1.54) is 51.6 Å². The second-order valence-corrected chi connectivity index (χ2v) is 12.4. The molecule has 1 N–H and O–H groups in total. The topological polar surface area (TPSA) is 40.5 Å². The first-order valence-corrected chi connectivity index (χ1v) is 12.7. The van der Waals surface area contributed by atoms with Gasteiger partial charge >= 0.3 is 0 Å². The molecule has 0 radical (unpaired) electrons. The van der Waals surface area contributed by atoms with Crippen LogP contribution in [0.25, 0.3) is 0 Å². The fraction of sp³-hybridized carbons (Fsp3) is 0.962. The molecule has 0 aromatic rings. The maximum atomic E-state index is 12.7. The van der Waals surface area contributed by atoms with Gasteiger partial charge in [-0.25, -0.2) is 0 Å². The number of nitrogens with zero attached hydrogens (tertiary/aromatic N) is 1. The van der Waals surface area contributed by atoms with Gasteiger partial charge in [-0.1, -0.05) is 34.1 Å². The average molecular weight is 402 g/mol. The Balaban J connectivity index is 1.50. The summed E-state index contributed by atoms with van der Waals surface area (Å²) in [6.45, 7) is 12.3. The summed E-state index contributed by atoms with van der Waals surface area (Å²) >= 11 is 0. The highest BCUT2D eigenvalue weighted by Crippen LogP contribution is 2.73. The first-order valence-electron chi connectivity index (χ1n) is 12.7. The van der Waals surface area contributed by atoms with E-state index >= 15 is 0 Å². The normalized spacial score (nSPS) is 55.8. The number of aliphatic hydroxyl groups is 1. The van der Waals surface area contributed by atoms with E-state index in [1.54, 1.807) is 0 Å². The molecule has 164 valence electrons. The van der Waals surface area contributed by atoms with E-state index < -0.39 is 0 Å². The quantitative estimate of drug-likeness (QED) is 0.668. The number of carbonyl (C=O) groups excluding carboxylic acids is 1. The Bertz CT molecular complexity index is 672. The Morgan fingerprint density at radius 3 is 2.41 bits per heavy atom. The van der Waals surface area contributed by atoms with E-state index in [9.17, 15) is 9.90 Å². The number of rotatable bonds is 1. The Morgan fingerprint density at radius 1 is 0.966 bits per heavy atom. The number of ketones is 1. The molecule has 1 saturated heterocycles. The number of hydrogen-bond acceptors (Lipinski definition) is 3. The van der Waals surface area contributed by atoms with Gasteiger partial charge in [0, 0.05) is 18.4 Å². The number of piperidine rings is 1. The van der Waals surface area contributed by atoms with Gasteiger partial charge < -0.3 is 5.11 Å². The van der Waals surface area contributed by atoms with Gasteiger partial charge in [0.05, 0.1) is 6.10 Å². The van der Waals surface area contributed by atoms with E-state index in [4.69, 9.17) is 0 Å². The number of fused-ring (bicyclic) bond motifs is 5. The molecule has 0 aromatic carbocycles. The first kappa shape index (κ1) is 20.5. The van der Waals surface area contributed by atoms with Gasteiger partial charge in [-0.15, -0.1) is 0 Å². The number of hydrogen-bond donors (Lipinski definition) is 1. The molecule has 0 amide bonds. The minimum Gasteiger partial charge on any atom is -0.391 e. The van der Waals surface area contributed by atoms with Crippen molar-refractivity contribution in [3.05, 3.63) is 0 Å². The predicted molar refractivity (Wildman–Crippen MR) is 116 cm³/mol. The summed E-state index contributed by atoms with van der Waals surface area (Å²) in [4.78, 5) is 15.4. The van der Waals surface area contributed by atoms with Gasteiger partial charge in [0.15, 0.2) is 0 Å². The highest BCUT2D eigenvalue weighted by molar-refractivity contribution is 5.84. The predicted octanol–water partition coefficient (Wildman–Crippen LogP) is 5.06. The smallest absolute Gasteiger partial charge is 0.136 e. The number of carbonyl (C=O) groups is 1. The second-order valence-electron chi connectivity index (χ2n) is 12.4. The van der Waals surface area contributed by atoms with Crippen molar-refractivity contribution in [2.75, 3.05) is 13.1 Å². The summed E-state index contributed by atoms with van der Waals surface area (Å²) in [6, 6.07) is 0.338. The van der Waals surface area contributed by atoms with Crippen LogP contribution < -0.4 is 0 Å². The van der Waals surface area contributed by atoms with Crippen LogP contribution in [0.4, 0.5) is 0 Å². The second kappa shape index (κ2) is 6.79. The third kappa shape index (κ3) is 2.65. The van der Waals surface area contributed by atoms with Crippen LogP contribution >= 0.6 is 0 Å². The summed E-state index contributed by atoms with van der Waals surface area (Å²) in [7, 11) is 0. The third-order valence-electron chi connectivity index (χ3n) is 11.6.